The van der Waals surface area contributed by atoms with E-state index in [-0.39, 0.29) is 17.7 Å². The van der Waals surface area contributed by atoms with Crippen LogP contribution in [0.25, 0.3) is 0 Å². The highest BCUT2D eigenvalue weighted by Crippen LogP contribution is 2.66. The highest BCUT2D eigenvalue weighted by atomic mass is 35.5. The standard InChI is InChI=1S/C29H28ClN3O4S/c1-38(36,37)32-15-13-31(14-16-32)27(34)22-6-4-5-20(17-22)19-33-26-8-3-2-7-24(26)29(28(33)35)18-25(29)21-9-11-23(30)12-10-21/h2-12,17,25H,13-16,18-19H2,1H3/t25-,29-/m1/s1. The Hall–Kier alpha value is -3.20. The zero-order valence-corrected chi connectivity index (χ0v) is 22.6. The van der Waals surface area contributed by atoms with Gasteiger partial charge in [0.2, 0.25) is 15.9 Å². The molecule has 2 aliphatic heterocycles. The lowest BCUT2D eigenvalue weighted by atomic mass is 9.92. The lowest BCUT2D eigenvalue weighted by Gasteiger charge is -2.33. The predicted molar refractivity (Wildman–Crippen MR) is 147 cm³/mol. The predicted octanol–water partition coefficient (Wildman–Crippen LogP) is 4.03. The first kappa shape index (κ1) is 25.1. The lowest BCUT2D eigenvalue weighted by Crippen LogP contribution is -2.50. The summed E-state index contributed by atoms with van der Waals surface area (Å²) in [5, 5.41) is 0.676. The van der Waals surface area contributed by atoms with Crippen molar-refractivity contribution in [1.29, 1.82) is 0 Å². The second-order valence-corrected chi connectivity index (χ2v) is 12.8. The molecule has 0 aromatic heterocycles. The van der Waals surface area contributed by atoms with Crippen LogP contribution in [0, 0.1) is 0 Å². The van der Waals surface area contributed by atoms with Gasteiger partial charge in [0.25, 0.3) is 5.91 Å². The highest BCUT2D eigenvalue weighted by Gasteiger charge is 2.67. The second-order valence-electron chi connectivity index (χ2n) is 10.3. The van der Waals surface area contributed by atoms with Gasteiger partial charge in [-0.1, -0.05) is 54.1 Å². The summed E-state index contributed by atoms with van der Waals surface area (Å²) < 4.78 is 25.0. The molecule has 38 heavy (non-hydrogen) atoms. The van der Waals surface area contributed by atoms with Crippen LogP contribution < -0.4 is 4.90 Å². The molecule has 2 heterocycles. The molecule has 0 N–H and O–H groups in total. The summed E-state index contributed by atoms with van der Waals surface area (Å²) in [5.41, 5.74) is 3.94. The number of sulfonamides is 1. The van der Waals surface area contributed by atoms with Crippen molar-refractivity contribution < 1.29 is 18.0 Å². The van der Waals surface area contributed by atoms with Gasteiger partial charge >= 0.3 is 0 Å². The smallest absolute Gasteiger partial charge is 0.253 e. The Morgan fingerprint density at radius 3 is 2.39 bits per heavy atom. The molecule has 2 atom stereocenters. The minimum absolute atomic E-state index is 0.0901. The van der Waals surface area contributed by atoms with Crippen LogP contribution in [0.15, 0.2) is 72.8 Å². The monoisotopic (exact) mass is 549 g/mol. The van der Waals surface area contributed by atoms with E-state index < -0.39 is 15.4 Å². The molecule has 3 aliphatic rings. The van der Waals surface area contributed by atoms with Crippen molar-refractivity contribution in [1.82, 2.24) is 9.21 Å². The topological polar surface area (TPSA) is 78.0 Å². The summed E-state index contributed by atoms with van der Waals surface area (Å²) in [6, 6.07) is 23.1. The number of benzene rings is 3. The van der Waals surface area contributed by atoms with E-state index >= 15 is 0 Å². The van der Waals surface area contributed by atoms with Gasteiger partial charge in [-0.3, -0.25) is 9.59 Å². The quantitative estimate of drug-likeness (QED) is 0.481. The SMILES string of the molecule is CS(=O)(=O)N1CCN(C(=O)c2cccc(CN3C(=O)[C@]4(C[C@@H]4c4ccc(Cl)cc4)c4ccccc43)c2)CC1. The van der Waals surface area contributed by atoms with Crippen LogP contribution in [0.3, 0.4) is 0 Å². The van der Waals surface area contributed by atoms with Gasteiger partial charge in [0.05, 0.1) is 18.2 Å². The van der Waals surface area contributed by atoms with E-state index in [1.54, 1.807) is 11.0 Å². The molecule has 1 spiro atoms. The van der Waals surface area contributed by atoms with Crippen LogP contribution in [0.4, 0.5) is 5.69 Å². The Bertz CT molecular complexity index is 1530. The van der Waals surface area contributed by atoms with E-state index in [0.717, 1.165) is 28.8 Å². The molecular formula is C29H28ClN3O4S. The molecule has 7 nitrogen and oxygen atoms in total. The van der Waals surface area contributed by atoms with Crippen LogP contribution in [0.5, 0.6) is 0 Å². The Balaban J connectivity index is 1.22. The number of fused-ring (bicyclic) bond motifs is 2. The number of halogens is 1. The molecule has 6 rings (SSSR count). The zero-order valence-electron chi connectivity index (χ0n) is 21.0. The molecule has 2 fully saturated rings. The van der Waals surface area contributed by atoms with E-state index in [1.807, 2.05) is 65.6 Å². The third-order valence-electron chi connectivity index (χ3n) is 8.04. The van der Waals surface area contributed by atoms with Gasteiger partial charge in [0.15, 0.2) is 0 Å². The Kier molecular flexibility index (Phi) is 6.09. The maximum atomic E-state index is 14.0. The van der Waals surface area contributed by atoms with E-state index in [9.17, 15) is 18.0 Å². The summed E-state index contributed by atoms with van der Waals surface area (Å²) in [6.07, 6.45) is 1.95. The first-order valence-electron chi connectivity index (χ1n) is 12.7. The summed E-state index contributed by atoms with van der Waals surface area (Å²) in [6.45, 7) is 1.65. The molecule has 3 aromatic rings. The van der Waals surface area contributed by atoms with Crippen molar-refractivity contribution in [3.05, 3.63) is 100 Å². The maximum absolute atomic E-state index is 14.0. The molecule has 2 amide bonds. The fourth-order valence-corrected chi connectivity index (χ4v) is 6.95. The van der Waals surface area contributed by atoms with Crippen molar-refractivity contribution in [3.63, 3.8) is 0 Å². The van der Waals surface area contributed by atoms with Crippen molar-refractivity contribution in [3.8, 4) is 0 Å². The van der Waals surface area contributed by atoms with Crippen LogP contribution in [0.2, 0.25) is 5.02 Å². The van der Waals surface area contributed by atoms with Crippen LogP contribution >= 0.6 is 11.6 Å². The van der Waals surface area contributed by atoms with Crippen molar-refractivity contribution in [2.45, 2.75) is 24.3 Å². The largest absolute Gasteiger partial charge is 0.336 e. The number of anilines is 1. The maximum Gasteiger partial charge on any atom is 0.253 e. The molecular weight excluding hydrogens is 522 g/mol. The average Bonchev–Trinajstić information content (AvgIpc) is 3.63. The lowest BCUT2D eigenvalue weighted by molar-refractivity contribution is -0.120. The van der Waals surface area contributed by atoms with Gasteiger partial charge < -0.3 is 9.80 Å². The van der Waals surface area contributed by atoms with E-state index in [4.69, 9.17) is 11.6 Å². The molecule has 1 aliphatic carbocycles. The molecule has 196 valence electrons. The highest BCUT2D eigenvalue weighted by molar-refractivity contribution is 7.88. The Morgan fingerprint density at radius 2 is 1.68 bits per heavy atom. The molecule has 1 saturated heterocycles. The van der Waals surface area contributed by atoms with Crippen LogP contribution in [-0.4, -0.2) is 61.9 Å². The van der Waals surface area contributed by atoms with E-state index in [1.165, 1.54) is 10.6 Å². The van der Waals surface area contributed by atoms with Gasteiger partial charge in [-0.15, -0.1) is 0 Å². The number of amides is 2. The number of rotatable bonds is 5. The normalized spacial score (nSPS) is 23.1. The molecule has 9 heteroatoms. The van der Waals surface area contributed by atoms with Gasteiger partial charge in [-0.05, 0) is 53.4 Å². The molecule has 0 unspecified atom stereocenters. The Morgan fingerprint density at radius 1 is 0.974 bits per heavy atom. The number of carbonyl (C=O) groups is 2. The second kappa shape index (κ2) is 9.22. The molecule has 1 saturated carbocycles. The minimum Gasteiger partial charge on any atom is -0.336 e. The van der Waals surface area contributed by atoms with Crippen molar-refractivity contribution in [2.75, 3.05) is 37.3 Å². The third kappa shape index (κ3) is 4.21. The Labute approximate surface area is 227 Å². The molecule has 3 aromatic carbocycles. The first-order chi connectivity index (χ1) is 18.2. The summed E-state index contributed by atoms with van der Waals surface area (Å²) in [5.74, 6) is 0.0684. The first-order valence-corrected chi connectivity index (χ1v) is 14.9. The minimum atomic E-state index is -3.27. The number of hydrogen-bond acceptors (Lipinski definition) is 4. The third-order valence-corrected chi connectivity index (χ3v) is 9.60. The summed E-state index contributed by atoms with van der Waals surface area (Å²) in [7, 11) is -3.27. The zero-order chi connectivity index (χ0) is 26.7. The van der Waals surface area contributed by atoms with Crippen molar-refractivity contribution in [2.24, 2.45) is 0 Å². The average molecular weight is 550 g/mol. The number of nitrogens with zero attached hydrogens (tertiary/aromatic N) is 3. The molecule has 0 bridgehead atoms. The number of piperazine rings is 1. The fourth-order valence-electron chi connectivity index (χ4n) is 5.99. The number of para-hydroxylation sites is 1. The van der Waals surface area contributed by atoms with Crippen molar-refractivity contribution >= 4 is 39.1 Å². The van der Waals surface area contributed by atoms with Crippen LogP contribution in [0.1, 0.15) is 39.4 Å². The fraction of sp³-hybridized carbons (Fsp3) is 0.310. The van der Waals surface area contributed by atoms with Crippen LogP contribution in [-0.2, 0) is 26.8 Å². The van der Waals surface area contributed by atoms with Gasteiger partial charge in [0, 0.05) is 48.4 Å². The number of hydrogen-bond donors (Lipinski definition) is 0. The summed E-state index contributed by atoms with van der Waals surface area (Å²) >= 11 is 6.09. The van der Waals surface area contributed by atoms with Gasteiger partial charge in [-0.2, -0.15) is 4.31 Å². The van der Waals surface area contributed by atoms with Gasteiger partial charge in [-0.25, -0.2) is 8.42 Å². The van der Waals surface area contributed by atoms with E-state index in [0.29, 0.717) is 43.3 Å². The number of carbonyl (C=O) groups excluding carboxylic acids is 2. The van der Waals surface area contributed by atoms with Gasteiger partial charge in [0.1, 0.15) is 0 Å². The van der Waals surface area contributed by atoms with E-state index in [2.05, 4.69) is 6.07 Å². The molecule has 0 radical (unpaired) electrons. The summed E-state index contributed by atoms with van der Waals surface area (Å²) in [4.78, 5) is 30.7.